The van der Waals surface area contributed by atoms with Crippen molar-refractivity contribution in [3.8, 4) is 0 Å². The molecule has 1 aliphatic carbocycles. The first-order valence-electron chi connectivity index (χ1n) is 16.0. The maximum Gasteiger partial charge on any atom is 0.249 e. The number of pyridine rings is 1. The van der Waals surface area contributed by atoms with Crippen molar-refractivity contribution < 1.29 is 49.3 Å². The van der Waals surface area contributed by atoms with Gasteiger partial charge in [-0.25, -0.2) is 0 Å². The number of nitrogens with one attached hydrogen (secondary N) is 2. The largest absolute Gasteiger partial charge is 0.394 e. The summed E-state index contributed by atoms with van der Waals surface area (Å²) >= 11 is 0. The molecule has 268 valence electrons. The van der Waals surface area contributed by atoms with Gasteiger partial charge in [-0.1, -0.05) is 6.07 Å². The Morgan fingerprint density at radius 1 is 1.00 bits per heavy atom. The minimum Gasteiger partial charge on any atom is -0.394 e. The van der Waals surface area contributed by atoms with Crippen molar-refractivity contribution >= 4 is 5.91 Å². The van der Waals surface area contributed by atoms with E-state index >= 15 is 0 Å². The molecule has 2 aliphatic heterocycles. The molecule has 18 heteroatoms. The van der Waals surface area contributed by atoms with Gasteiger partial charge in [0, 0.05) is 37.8 Å². The number of carbonyl (C=O) groups is 1. The van der Waals surface area contributed by atoms with Crippen LogP contribution in [0.25, 0.3) is 0 Å². The fourth-order valence-corrected chi connectivity index (χ4v) is 6.28. The highest BCUT2D eigenvalue weighted by atomic mass is 16.7. The Balaban J connectivity index is 1.67. The molecule has 3 aliphatic rings. The third kappa shape index (κ3) is 9.18. The van der Waals surface area contributed by atoms with Crippen molar-refractivity contribution in [2.75, 3.05) is 26.2 Å². The zero-order chi connectivity index (χ0) is 34.2. The van der Waals surface area contributed by atoms with Crippen LogP contribution in [0, 0.1) is 5.92 Å². The lowest BCUT2D eigenvalue weighted by Gasteiger charge is -2.51. The minimum atomic E-state index is -1.60. The lowest BCUT2D eigenvalue weighted by atomic mass is 9.74. The highest BCUT2D eigenvalue weighted by Crippen LogP contribution is 2.34. The van der Waals surface area contributed by atoms with Crippen LogP contribution in [0.5, 0.6) is 0 Å². The molecule has 0 aromatic carbocycles. The number of hydrogen-bond acceptors (Lipinski definition) is 17. The van der Waals surface area contributed by atoms with E-state index in [0.717, 1.165) is 5.69 Å². The van der Waals surface area contributed by atoms with Gasteiger partial charge in [-0.05, 0) is 37.9 Å². The molecule has 18 nitrogen and oxygen atoms in total. The summed E-state index contributed by atoms with van der Waals surface area (Å²) in [5.74, 6) is -1.54. The first-order chi connectivity index (χ1) is 22.5. The molecule has 0 bridgehead atoms. The highest BCUT2D eigenvalue weighted by Gasteiger charge is 2.54. The molecular formula is C29H52N8O10. The Hall–Kier alpha value is -1.98. The minimum absolute atomic E-state index is 0.0304. The second kappa shape index (κ2) is 17.6. The van der Waals surface area contributed by atoms with Crippen molar-refractivity contribution in [2.45, 2.75) is 111 Å². The van der Waals surface area contributed by atoms with E-state index in [1.807, 2.05) is 12.1 Å². The van der Waals surface area contributed by atoms with Crippen LogP contribution >= 0.6 is 0 Å². The zero-order valence-corrected chi connectivity index (χ0v) is 26.2. The summed E-state index contributed by atoms with van der Waals surface area (Å²) < 4.78 is 24.1. The van der Waals surface area contributed by atoms with Crippen molar-refractivity contribution in [1.29, 1.82) is 0 Å². The fourth-order valence-electron chi connectivity index (χ4n) is 6.28. The summed E-state index contributed by atoms with van der Waals surface area (Å²) in [6.07, 6.45) is -10.00. The predicted octanol–water partition coefficient (Wildman–Crippen LogP) is -5.99. The van der Waals surface area contributed by atoms with Crippen molar-refractivity contribution in [2.24, 2.45) is 34.6 Å². The lowest BCUT2D eigenvalue weighted by molar-refractivity contribution is -0.317. The van der Waals surface area contributed by atoms with Crippen LogP contribution in [0.3, 0.4) is 0 Å². The number of ether oxygens (including phenoxy) is 4. The van der Waals surface area contributed by atoms with Crippen molar-refractivity contribution in [1.82, 2.24) is 15.6 Å². The number of aromatic nitrogens is 1. The van der Waals surface area contributed by atoms with E-state index in [1.165, 1.54) is 0 Å². The summed E-state index contributed by atoms with van der Waals surface area (Å²) in [4.78, 5) is 17.5. The van der Waals surface area contributed by atoms with Gasteiger partial charge in [0.15, 0.2) is 12.6 Å². The third-order valence-corrected chi connectivity index (χ3v) is 9.11. The first kappa shape index (κ1) is 37.8. The SMILES string of the molecule is NCC[C@H](O)C(=O)N[C@@H]1C(CNCc2ccccn2)[C@H](N)C(O[C@H]2OC(CN)CCC2N)C(O)[C@H]1O[C@H]1OC(CO)[C@@H](O)[C@H](N)C1O. The van der Waals surface area contributed by atoms with Gasteiger partial charge in [0.2, 0.25) is 5.91 Å². The van der Waals surface area contributed by atoms with E-state index < -0.39 is 97.9 Å². The standard InChI is InChI=1S/C29H52N8O10/c30-7-6-17(39)27(43)37-21-15(11-35-10-13-3-1-2-8-36-13)19(33)25(46-28-16(32)5-4-14(9-31)44-28)24(42)26(21)47-29-23(41)20(34)22(40)18(12-38)45-29/h1-3,8,14-26,28-29,35,38-42H,4-7,9-12,30-34H2,(H,37,43)/t14?,15?,16?,17-,18?,19-,20-,21+,22+,23?,24?,25?,26-,28+,29+/m0/s1. The van der Waals surface area contributed by atoms with Crippen LogP contribution in [0.4, 0.5) is 0 Å². The quantitative estimate of drug-likeness (QED) is 0.0875. The monoisotopic (exact) mass is 672 g/mol. The average molecular weight is 673 g/mol. The molecule has 17 N–H and O–H groups in total. The number of rotatable bonds is 14. The van der Waals surface area contributed by atoms with Crippen LogP contribution in [0.1, 0.15) is 25.0 Å². The Morgan fingerprint density at radius 2 is 1.74 bits per heavy atom. The second-order valence-electron chi connectivity index (χ2n) is 12.4. The van der Waals surface area contributed by atoms with Gasteiger partial charge in [0.25, 0.3) is 0 Å². The fraction of sp³-hybridized carbons (Fsp3) is 0.793. The second-order valence-corrected chi connectivity index (χ2v) is 12.4. The van der Waals surface area contributed by atoms with Crippen LogP contribution in [-0.2, 0) is 30.3 Å². The smallest absolute Gasteiger partial charge is 0.249 e. The summed E-state index contributed by atoms with van der Waals surface area (Å²) in [6.45, 7) is 0.0749. The maximum atomic E-state index is 13.2. The molecule has 3 fully saturated rings. The van der Waals surface area contributed by atoms with Gasteiger partial charge in [-0.2, -0.15) is 0 Å². The highest BCUT2D eigenvalue weighted by molar-refractivity contribution is 5.80. The lowest BCUT2D eigenvalue weighted by Crippen LogP contribution is -2.73. The van der Waals surface area contributed by atoms with Gasteiger partial charge in [-0.15, -0.1) is 0 Å². The summed E-state index contributed by atoms with van der Waals surface area (Å²) in [5.41, 5.74) is 31.3. The van der Waals surface area contributed by atoms with Crippen LogP contribution in [0.2, 0.25) is 0 Å². The molecule has 1 saturated carbocycles. The molecule has 4 rings (SSSR count). The van der Waals surface area contributed by atoms with Gasteiger partial charge < -0.3 is 83.8 Å². The molecule has 0 spiro atoms. The molecule has 0 radical (unpaired) electrons. The molecule has 1 aromatic rings. The molecular weight excluding hydrogens is 620 g/mol. The Kier molecular flexibility index (Phi) is 14.2. The summed E-state index contributed by atoms with van der Waals surface area (Å²) in [7, 11) is 0. The van der Waals surface area contributed by atoms with E-state index in [1.54, 1.807) is 12.3 Å². The Bertz CT molecular complexity index is 1100. The molecule has 7 unspecified atom stereocenters. The van der Waals surface area contributed by atoms with Crippen molar-refractivity contribution in [3.63, 3.8) is 0 Å². The van der Waals surface area contributed by atoms with E-state index in [4.69, 9.17) is 47.6 Å². The van der Waals surface area contributed by atoms with Crippen molar-refractivity contribution in [3.05, 3.63) is 30.1 Å². The molecule has 1 amide bonds. The Morgan fingerprint density at radius 3 is 2.40 bits per heavy atom. The van der Waals surface area contributed by atoms with Gasteiger partial charge in [0.1, 0.15) is 42.7 Å². The number of carbonyl (C=O) groups excluding carboxylic acids is 1. The van der Waals surface area contributed by atoms with E-state index in [2.05, 4.69) is 15.6 Å². The molecule has 2 saturated heterocycles. The summed E-state index contributed by atoms with van der Waals surface area (Å²) in [6, 6.07) is 1.52. The van der Waals surface area contributed by atoms with Crippen LogP contribution < -0.4 is 39.3 Å². The van der Waals surface area contributed by atoms with Gasteiger partial charge in [0.05, 0.1) is 36.5 Å². The van der Waals surface area contributed by atoms with E-state index in [9.17, 15) is 30.3 Å². The normalized spacial score (nSPS) is 40.1. The number of hydrogen-bond donors (Lipinski definition) is 12. The van der Waals surface area contributed by atoms with Gasteiger partial charge >= 0.3 is 0 Å². The molecule has 1 aromatic heterocycles. The van der Waals surface area contributed by atoms with E-state index in [0.29, 0.717) is 19.4 Å². The first-order valence-corrected chi connectivity index (χ1v) is 16.0. The van der Waals surface area contributed by atoms with E-state index in [-0.39, 0.29) is 32.2 Å². The average Bonchev–Trinajstić information content (AvgIpc) is 3.07. The van der Waals surface area contributed by atoms with Gasteiger partial charge in [-0.3, -0.25) is 9.78 Å². The molecule has 47 heavy (non-hydrogen) atoms. The molecule has 15 atom stereocenters. The van der Waals surface area contributed by atoms with Crippen LogP contribution in [0.15, 0.2) is 24.4 Å². The maximum absolute atomic E-state index is 13.2. The third-order valence-electron chi connectivity index (χ3n) is 9.11. The summed E-state index contributed by atoms with van der Waals surface area (Å²) in [5, 5.41) is 59.4. The van der Waals surface area contributed by atoms with Crippen LogP contribution in [-0.4, -0.2) is 148 Å². The number of aliphatic hydroxyl groups excluding tert-OH is 5. The number of nitrogens with zero attached hydrogens (tertiary/aromatic N) is 1. The number of amides is 1. The predicted molar refractivity (Wildman–Crippen MR) is 165 cm³/mol. The zero-order valence-electron chi connectivity index (χ0n) is 26.2. The number of aliphatic hydroxyl groups is 5. The number of nitrogens with two attached hydrogens (primary N) is 5. The molecule has 3 heterocycles. The topological polar surface area (TPSA) is 322 Å². The Labute approximate surface area is 273 Å².